The third-order valence-corrected chi connectivity index (χ3v) is 3.17. The minimum Gasteiger partial charge on any atom is -0.479 e. The number of nitrogens with two attached hydrogens (primary N) is 2. The summed E-state index contributed by atoms with van der Waals surface area (Å²) in [5.41, 5.74) is 7.01. The van der Waals surface area contributed by atoms with Crippen molar-refractivity contribution in [3.05, 3.63) is 48.1 Å². The van der Waals surface area contributed by atoms with E-state index in [1.54, 1.807) is 12.1 Å². The Labute approximate surface area is 148 Å². The van der Waals surface area contributed by atoms with Crippen LogP contribution in [0, 0.1) is 0 Å². The van der Waals surface area contributed by atoms with E-state index < -0.39 is 6.61 Å². The molecule has 0 fully saturated rings. The van der Waals surface area contributed by atoms with E-state index in [0.717, 1.165) is 0 Å². The van der Waals surface area contributed by atoms with Crippen molar-refractivity contribution in [2.45, 2.75) is 13.2 Å². The molecule has 8 nitrogen and oxygen atoms in total. The zero-order chi connectivity index (χ0) is 19.1. The zero-order valence-corrected chi connectivity index (χ0v) is 14.0. The minimum atomic E-state index is -2.93. The Kier molecular flexibility index (Phi) is 6.64. The molecule has 0 aliphatic heterocycles. The first kappa shape index (κ1) is 19.3. The number of ether oxygens (including phenoxy) is 2. The van der Waals surface area contributed by atoms with Gasteiger partial charge in [0.2, 0.25) is 5.88 Å². The smallest absolute Gasteiger partial charge is 0.387 e. The van der Waals surface area contributed by atoms with E-state index in [-0.39, 0.29) is 30.5 Å². The molecule has 5 N–H and O–H groups in total. The predicted molar refractivity (Wildman–Crippen MR) is 89.7 cm³/mol. The lowest BCUT2D eigenvalue weighted by Crippen LogP contribution is -2.27. The van der Waals surface area contributed by atoms with E-state index in [4.69, 9.17) is 21.4 Å². The van der Waals surface area contributed by atoms with E-state index in [9.17, 15) is 8.78 Å². The molecule has 0 spiro atoms. The SMILES string of the molecule is COc1ncc(CN(N)/C=C(\N)CO)nc1-c1cccc(OC(F)F)c1. The Bertz CT molecular complexity index is 773. The molecule has 0 saturated carbocycles. The number of halogens is 2. The van der Waals surface area contributed by atoms with Gasteiger partial charge < -0.3 is 25.3 Å². The van der Waals surface area contributed by atoms with E-state index in [2.05, 4.69) is 14.7 Å². The second-order valence-corrected chi connectivity index (χ2v) is 5.16. The molecule has 10 heteroatoms. The molecular formula is C16H19F2N5O3. The van der Waals surface area contributed by atoms with Crippen molar-refractivity contribution in [2.75, 3.05) is 13.7 Å². The Morgan fingerprint density at radius 2 is 2.19 bits per heavy atom. The lowest BCUT2D eigenvalue weighted by atomic mass is 10.1. The highest BCUT2D eigenvalue weighted by molar-refractivity contribution is 5.66. The summed E-state index contributed by atoms with van der Waals surface area (Å²) in [7, 11) is 1.42. The summed E-state index contributed by atoms with van der Waals surface area (Å²) in [6, 6.07) is 6.04. The van der Waals surface area contributed by atoms with Crippen LogP contribution in [0.3, 0.4) is 0 Å². The maximum absolute atomic E-state index is 12.4. The molecule has 1 aromatic heterocycles. The van der Waals surface area contributed by atoms with Gasteiger partial charge in [-0.2, -0.15) is 8.78 Å². The molecule has 0 bridgehead atoms. The van der Waals surface area contributed by atoms with Crippen LogP contribution in [0.1, 0.15) is 5.69 Å². The highest BCUT2D eigenvalue weighted by Gasteiger charge is 2.13. The van der Waals surface area contributed by atoms with Gasteiger partial charge in [-0.3, -0.25) is 0 Å². The first-order chi connectivity index (χ1) is 12.4. The van der Waals surface area contributed by atoms with Crippen molar-refractivity contribution >= 4 is 0 Å². The number of aliphatic hydroxyl groups excluding tert-OH is 1. The van der Waals surface area contributed by atoms with Gasteiger partial charge in [-0.15, -0.1) is 0 Å². The number of aromatic nitrogens is 2. The van der Waals surface area contributed by atoms with Gasteiger partial charge in [0.25, 0.3) is 0 Å². The molecule has 140 valence electrons. The second kappa shape index (κ2) is 8.92. The first-order valence-corrected chi connectivity index (χ1v) is 7.46. The van der Waals surface area contributed by atoms with Crippen LogP contribution in [-0.2, 0) is 6.54 Å². The molecule has 0 unspecified atom stereocenters. The third-order valence-electron chi connectivity index (χ3n) is 3.17. The summed E-state index contributed by atoms with van der Waals surface area (Å²) in [5.74, 6) is 5.99. The van der Waals surface area contributed by atoms with Crippen LogP contribution in [0.15, 0.2) is 42.4 Å². The van der Waals surface area contributed by atoms with Gasteiger partial charge in [0.05, 0.1) is 37.8 Å². The summed E-state index contributed by atoms with van der Waals surface area (Å²) in [6.45, 7) is -3.11. The number of nitrogens with zero attached hydrogens (tertiary/aromatic N) is 3. The van der Waals surface area contributed by atoms with Gasteiger partial charge in [-0.25, -0.2) is 15.8 Å². The van der Waals surface area contributed by atoms with Crippen LogP contribution < -0.4 is 21.1 Å². The lowest BCUT2D eigenvalue weighted by Gasteiger charge is -2.15. The minimum absolute atomic E-state index is 0.00846. The molecule has 2 aromatic rings. The number of alkyl halides is 2. The van der Waals surface area contributed by atoms with Crippen molar-refractivity contribution < 1.29 is 23.4 Å². The molecular weight excluding hydrogens is 348 g/mol. The fourth-order valence-corrected chi connectivity index (χ4v) is 2.13. The Balaban J connectivity index is 2.33. The Morgan fingerprint density at radius 1 is 1.42 bits per heavy atom. The normalized spacial score (nSPS) is 11.5. The fourth-order valence-electron chi connectivity index (χ4n) is 2.13. The number of methoxy groups -OCH3 is 1. The van der Waals surface area contributed by atoms with Crippen LogP contribution in [0.5, 0.6) is 11.6 Å². The Morgan fingerprint density at radius 3 is 2.85 bits per heavy atom. The lowest BCUT2D eigenvalue weighted by molar-refractivity contribution is -0.0498. The largest absolute Gasteiger partial charge is 0.479 e. The highest BCUT2D eigenvalue weighted by atomic mass is 19.3. The van der Waals surface area contributed by atoms with Crippen LogP contribution in [0.25, 0.3) is 11.3 Å². The molecule has 0 atom stereocenters. The van der Waals surface area contributed by atoms with Gasteiger partial charge in [-0.05, 0) is 12.1 Å². The van der Waals surface area contributed by atoms with Crippen molar-refractivity contribution in [2.24, 2.45) is 11.6 Å². The third kappa shape index (κ3) is 5.26. The van der Waals surface area contributed by atoms with Crippen molar-refractivity contribution in [1.29, 1.82) is 0 Å². The van der Waals surface area contributed by atoms with E-state index in [0.29, 0.717) is 17.0 Å². The van der Waals surface area contributed by atoms with E-state index >= 15 is 0 Å². The standard InChI is InChI=1S/C16H19F2N5O3/c1-25-15-14(10-3-2-4-13(5-10)26-16(17)18)22-12(6-21-15)8-23(20)7-11(19)9-24/h2-7,16,24H,8-9,19-20H2,1H3/b11-7-. The summed E-state index contributed by atoms with van der Waals surface area (Å²) in [5, 5.41) is 10.2. The van der Waals surface area contributed by atoms with Crippen LogP contribution in [-0.4, -0.2) is 40.4 Å². The summed E-state index contributed by atoms with van der Waals surface area (Å²) in [6.07, 6.45) is 2.83. The Hall–Kier alpha value is -2.98. The highest BCUT2D eigenvalue weighted by Crippen LogP contribution is 2.29. The molecule has 0 radical (unpaired) electrons. The van der Waals surface area contributed by atoms with Crippen LogP contribution in [0.4, 0.5) is 8.78 Å². The predicted octanol–water partition coefficient (Wildman–Crippen LogP) is 1.22. The molecule has 0 aliphatic carbocycles. The van der Waals surface area contributed by atoms with Gasteiger partial charge in [0, 0.05) is 11.8 Å². The number of benzene rings is 1. The van der Waals surface area contributed by atoms with E-state index in [1.807, 2.05) is 0 Å². The molecule has 1 aromatic carbocycles. The molecule has 0 saturated heterocycles. The maximum Gasteiger partial charge on any atom is 0.387 e. The molecule has 1 heterocycles. The number of hydrazine groups is 1. The average molecular weight is 367 g/mol. The molecule has 0 amide bonds. The van der Waals surface area contributed by atoms with Crippen LogP contribution >= 0.6 is 0 Å². The monoisotopic (exact) mass is 367 g/mol. The van der Waals surface area contributed by atoms with Crippen molar-refractivity contribution in [3.63, 3.8) is 0 Å². The molecule has 26 heavy (non-hydrogen) atoms. The summed E-state index contributed by atoms with van der Waals surface area (Å²) < 4.78 is 34.4. The van der Waals surface area contributed by atoms with Gasteiger partial charge in [-0.1, -0.05) is 12.1 Å². The second-order valence-electron chi connectivity index (χ2n) is 5.16. The van der Waals surface area contributed by atoms with Crippen molar-refractivity contribution in [3.8, 4) is 22.9 Å². The van der Waals surface area contributed by atoms with Gasteiger partial charge in [0.15, 0.2) is 0 Å². The average Bonchev–Trinajstić information content (AvgIpc) is 2.61. The number of rotatable bonds is 8. The fraction of sp³-hybridized carbons (Fsp3) is 0.250. The zero-order valence-electron chi connectivity index (χ0n) is 14.0. The number of aliphatic hydroxyl groups is 1. The maximum atomic E-state index is 12.4. The van der Waals surface area contributed by atoms with Gasteiger partial charge >= 0.3 is 6.61 Å². The topological polar surface area (TPSA) is 120 Å². The summed E-state index contributed by atoms with van der Waals surface area (Å²) >= 11 is 0. The van der Waals surface area contributed by atoms with Crippen LogP contribution in [0.2, 0.25) is 0 Å². The van der Waals surface area contributed by atoms with Crippen molar-refractivity contribution in [1.82, 2.24) is 15.0 Å². The molecule has 2 rings (SSSR count). The number of hydrogen-bond donors (Lipinski definition) is 3. The van der Waals surface area contributed by atoms with Gasteiger partial charge in [0.1, 0.15) is 11.4 Å². The first-order valence-electron chi connectivity index (χ1n) is 7.46. The molecule has 0 aliphatic rings. The van der Waals surface area contributed by atoms with E-state index in [1.165, 1.54) is 36.6 Å². The summed E-state index contributed by atoms with van der Waals surface area (Å²) in [4.78, 5) is 8.58. The number of hydrogen-bond acceptors (Lipinski definition) is 8. The quantitative estimate of drug-likeness (QED) is 0.471.